The van der Waals surface area contributed by atoms with E-state index in [-0.39, 0.29) is 23.5 Å². The lowest BCUT2D eigenvalue weighted by Gasteiger charge is -2.13. The van der Waals surface area contributed by atoms with Crippen LogP contribution in [0.4, 0.5) is 5.13 Å². The van der Waals surface area contributed by atoms with Gasteiger partial charge in [0.25, 0.3) is 0 Å². The van der Waals surface area contributed by atoms with Gasteiger partial charge in [-0.25, -0.2) is 0 Å². The number of aromatic nitrogens is 2. The summed E-state index contributed by atoms with van der Waals surface area (Å²) in [5.41, 5.74) is 5.72. The van der Waals surface area contributed by atoms with Crippen LogP contribution in [-0.4, -0.2) is 40.5 Å². The van der Waals surface area contributed by atoms with Gasteiger partial charge in [-0.3, -0.25) is 14.9 Å². The highest BCUT2D eigenvalue weighted by atomic mass is 32.2. The molecule has 20 heavy (non-hydrogen) atoms. The zero-order chi connectivity index (χ0) is 15.1. The molecule has 0 aromatic carbocycles. The molecule has 1 atom stereocenters. The Morgan fingerprint density at radius 1 is 1.45 bits per heavy atom. The second-order valence-electron chi connectivity index (χ2n) is 4.23. The predicted octanol–water partition coefficient (Wildman–Crippen LogP) is 1.12. The predicted molar refractivity (Wildman–Crippen MR) is 78.7 cm³/mol. The standard InChI is InChI=1S/C11H18N4O3S2/c1-4-18-7(16)5-19-11-15-14-10(20-11)13-9(17)8(12)6(2)3/h6,8H,4-5,12H2,1-3H3,(H,13,14,17)/t8-/m0/s1. The molecule has 0 saturated heterocycles. The van der Waals surface area contributed by atoms with E-state index in [1.54, 1.807) is 6.92 Å². The molecular weight excluding hydrogens is 300 g/mol. The third-order valence-corrected chi connectivity index (χ3v) is 4.22. The quantitative estimate of drug-likeness (QED) is 0.440. The second kappa shape index (κ2) is 8.18. The van der Waals surface area contributed by atoms with Crippen LogP contribution in [0, 0.1) is 5.92 Å². The Bertz CT molecular complexity index is 464. The zero-order valence-electron chi connectivity index (χ0n) is 11.6. The van der Waals surface area contributed by atoms with Crippen molar-refractivity contribution in [3.8, 4) is 0 Å². The second-order valence-corrected chi connectivity index (χ2v) is 6.43. The summed E-state index contributed by atoms with van der Waals surface area (Å²) in [6.45, 7) is 5.83. The molecule has 1 amide bonds. The summed E-state index contributed by atoms with van der Waals surface area (Å²) >= 11 is 2.41. The Morgan fingerprint density at radius 3 is 2.75 bits per heavy atom. The monoisotopic (exact) mass is 318 g/mol. The van der Waals surface area contributed by atoms with Crippen LogP contribution >= 0.6 is 23.1 Å². The third kappa shape index (κ3) is 5.43. The fourth-order valence-corrected chi connectivity index (χ4v) is 2.69. The summed E-state index contributed by atoms with van der Waals surface area (Å²) in [6, 6.07) is -0.588. The molecule has 1 heterocycles. The van der Waals surface area contributed by atoms with Crippen LogP contribution in [0.5, 0.6) is 0 Å². The number of nitrogens with one attached hydrogen (secondary N) is 1. The maximum absolute atomic E-state index is 11.7. The number of amides is 1. The van der Waals surface area contributed by atoms with Crippen LogP contribution in [0.15, 0.2) is 4.34 Å². The summed E-state index contributed by atoms with van der Waals surface area (Å²) in [4.78, 5) is 22.9. The molecule has 7 nitrogen and oxygen atoms in total. The lowest BCUT2D eigenvalue weighted by Crippen LogP contribution is -2.39. The average molecular weight is 318 g/mol. The fraction of sp³-hybridized carbons (Fsp3) is 0.636. The van der Waals surface area contributed by atoms with Crippen molar-refractivity contribution < 1.29 is 14.3 Å². The Morgan fingerprint density at radius 2 is 2.15 bits per heavy atom. The minimum Gasteiger partial charge on any atom is -0.465 e. The van der Waals surface area contributed by atoms with Crippen molar-refractivity contribution in [2.24, 2.45) is 11.7 Å². The first kappa shape index (κ1) is 16.9. The van der Waals surface area contributed by atoms with Gasteiger partial charge in [-0.1, -0.05) is 36.9 Å². The smallest absolute Gasteiger partial charge is 0.316 e. The van der Waals surface area contributed by atoms with Crippen molar-refractivity contribution in [2.75, 3.05) is 17.7 Å². The molecule has 0 unspecified atom stereocenters. The average Bonchev–Trinajstić information content (AvgIpc) is 2.83. The van der Waals surface area contributed by atoms with Crippen molar-refractivity contribution >= 4 is 40.1 Å². The summed E-state index contributed by atoms with van der Waals surface area (Å²) < 4.78 is 5.39. The van der Waals surface area contributed by atoms with E-state index in [9.17, 15) is 9.59 Å². The molecule has 0 spiro atoms. The van der Waals surface area contributed by atoms with Crippen molar-refractivity contribution in [2.45, 2.75) is 31.2 Å². The topological polar surface area (TPSA) is 107 Å². The number of ether oxygens (including phenoxy) is 1. The summed E-state index contributed by atoms with van der Waals surface area (Å²) in [5, 5.41) is 10.7. The molecule has 112 valence electrons. The molecule has 0 radical (unpaired) electrons. The van der Waals surface area contributed by atoms with Crippen LogP contribution in [0.25, 0.3) is 0 Å². The van der Waals surface area contributed by atoms with Crippen LogP contribution in [0.1, 0.15) is 20.8 Å². The summed E-state index contributed by atoms with van der Waals surface area (Å²) in [7, 11) is 0. The first-order chi connectivity index (χ1) is 9.43. The van der Waals surface area contributed by atoms with E-state index >= 15 is 0 Å². The number of esters is 1. The normalized spacial score (nSPS) is 12.2. The van der Waals surface area contributed by atoms with E-state index < -0.39 is 6.04 Å². The number of hydrogen-bond acceptors (Lipinski definition) is 8. The zero-order valence-corrected chi connectivity index (χ0v) is 13.2. The molecule has 9 heteroatoms. The molecule has 0 saturated carbocycles. The van der Waals surface area contributed by atoms with Gasteiger partial charge in [0.15, 0.2) is 4.34 Å². The number of hydrogen-bond donors (Lipinski definition) is 2. The van der Waals surface area contributed by atoms with Gasteiger partial charge in [-0.2, -0.15) is 0 Å². The Kier molecular flexibility index (Phi) is 6.89. The van der Waals surface area contributed by atoms with Gasteiger partial charge < -0.3 is 10.5 Å². The number of nitrogens with two attached hydrogens (primary N) is 1. The van der Waals surface area contributed by atoms with Gasteiger partial charge in [0.05, 0.1) is 18.4 Å². The highest BCUT2D eigenvalue weighted by molar-refractivity contribution is 8.01. The fourth-order valence-electron chi connectivity index (χ4n) is 1.13. The lowest BCUT2D eigenvalue weighted by atomic mass is 10.1. The largest absolute Gasteiger partial charge is 0.465 e. The number of anilines is 1. The highest BCUT2D eigenvalue weighted by Gasteiger charge is 2.19. The molecule has 1 rings (SSSR count). The van der Waals surface area contributed by atoms with Crippen LogP contribution in [0.2, 0.25) is 0 Å². The maximum atomic E-state index is 11.7. The first-order valence-corrected chi connectivity index (χ1v) is 7.92. The van der Waals surface area contributed by atoms with Gasteiger partial charge in [-0.05, 0) is 12.8 Å². The van der Waals surface area contributed by atoms with Crippen LogP contribution < -0.4 is 11.1 Å². The number of carbonyl (C=O) groups is 2. The van der Waals surface area contributed by atoms with Gasteiger partial charge in [0.2, 0.25) is 11.0 Å². The van der Waals surface area contributed by atoms with Crippen molar-refractivity contribution in [1.82, 2.24) is 10.2 Å². The van der Waals surface area contributed by atoms with Crippen LogP contribution in [-0.2, 0) is 14.3 Å². The van der Waals surface area contributed by atoms with E-state index in [4.69, 9.17) is 10.5 Å². The number of rotatable bonds is 7. The van der Waals surface area contributed by atoms with E-state index in [2.05, 4.69) is 15.5 Å². The van der Waals surface area contributed by atoms with Gasteiger partial charge in [0, 0.05) is 0 Å². The van der Waals surface area contributed by atoms with E-state index in [1.807, 2.05) is 13.8 Å². The summed E-state index contributed by atoms with van der Waals surface area (Å²) in [5.74, 6) is -0.388. The Hall–Kier alpha value is -1.19. The van der Waals surface area contributed by atoms with Crippen LogP contribution in [0.3, 0.4) is 0 Å². The van der Waals surface area contributed by atoms with E-state index in [0.29, 0.717) is 16.1 Å². The molecular formula is C11H18N4O3S2. The Labute approximate surface area is 125 Å². The molecule has 0 aliphatic carbocycles. The number of thioether (sulfide) groups is 1. The molecule has 0 fully saturated rings. The third-order valence-electron chi connectivity index (χ3n) is 2.28. The molecule has 1 aromatic rings. The van der Waals surface area contributed by atoms with Crippen molar-refractivity contribution in [3.63, 3.8) is 0 Å². The molecule has 1 aromatic heterocycles. The van der Waals surface area contributed by atoms with Gasteiger partial charge in [0.1, 0.15) is 0 Å². The molecule has 0 aliphatic heterocycles. The van der Waals surface area contributed by atoms with Crippen molar-refractivity contribution in [1.29, 1.82) is 0 Å². The van der Waals surface area contributed by atoms with E-state index in [1.165, 1.54) is 23.1 Å². The Balaban J connectivity index is 2.47. The van der Waals surface area contributed by atoms with Gasteiger partial charge >= 0.3 is 5.97 Å². The summed E-state index contributed by atoms with van der Waals surface area (Å²) in [6.07, 6.45) is 0. The SMILES string of the molecule is CCOC(=O)CSc1nnc(NC(=O)[C@@H](N)C(C)C)s1. The number of nitrogens with zero attached hydrogens (tertiary/aromatic N) is 2. The minimum atomic E-state index is -0.588. The van der Waals surface area contributed by atoms with Crippen molar-refractivity contribution in [3.05, 3.63) is 0 Å². The lowest BCUT2D eigenvalue weighted by molar-refractivity contribution is -0.139. The minimum absolute atomic E-state index is 0.0422. The number of carbonyl (C=O) groups excluding carboxylic acids is 2. The molecule has 0 aliphatic rings. The van der Waals surface area contributed by atoms with E-state index in [0.717, 1.165) is 0 Å². The molecule has 3 N–H and O–H groups in total. The van der Waals surface area contributed by atoms with Gasteiger partial charge in [-0.15, -0.1) is 10.2 Å². The highest BCUT2D eigenvalue weighted by Crippen LogP contribution is 2.25. The first-order valence-electron chi connectivity index (χ1n) is 6.12. The maximum Gasteiger partial charge on any atom is 0.316 e. The molecule has 0 bridgehead atoms.